The van der Waals surface area contributed by atoms with Crippen molar-refractivity contribution < 1.29 is 0 Å². The molecular formula is C12H12N4. The summed E-state index contributed by atoms with van der Waals surface area (Å²) in [4.78, 5) is 7.66. The van der Waals surface area contributed by atoms with E-state index >= 15 is 0 Å². The molecule has 0 aromatic carbocycles. The number of H-pyrrole nitrogens is 1. The first-order valence-electron chi connectivity index (χ1n) is 5.18. The van der Waals surface area contributed by atoms with Gasteiger partial charge in [0.1, 0.15) is 0 Å². The number of hydrogen-bond acceptors (Lipinski definition) is 2. The van der Waals surface area contributed by atoms with Crippen molar-refractivity contribution in [3.05, 3.63) is 36.3 Å². The molecule has 16 heavy (non-hydrogen) atoms. The summed E-state index contributed by atoms with van der Waals surface area (Å²) >= 11 is 0. The molecule has 0 unspecified atom stereocenters. The predicted molar refractivity (Wildman–Crippen MR) is 63.0 cm³/mol. The molecule has 0 fully saturated rings. The number of hydrogen-bond donors (Lipinski definition) is 1. The van der Waals surface area contributed by atoms with Crippen LogP contribution in [0.3, 0.4) is 0 Å². The topological polar surface area (TPSA) is 46.5 Å². The summed E-state index contributed by atoms with van der Waals surface area (Å²) in [5.74, 6) is 0. The van der Waals surface area contributed by atoms with E-state index in [1.54, 1.807) is 6.20 Å². The molecule has 3 aromatic rings. The molecule has 4 heteroatoms. The lowest BCUT2D eigenvalue weighted by Crippen LogP contribution is -1.92. The first-order chi connectivity index (χ1) is 7.75. The molecule has 0 radical (unpaired) electrons. The van der Waals surface area contributed by atoms with Crippen molar-refractivity contribution in [3.8, 4) is 11.3 Å². The highest BCUT2D eigenvalue weighted by Crippen LogP contribution is 2.24. The highest BCUT2D eigenvalue weighted by molar-refractivity contribution is 5.82. The van der Waals surface area contributed by atoms with Crippen molar-refractivity contribution in [3.63, 3.8) is 0 Å². The maximum Gasteiger partial charge on any atom is 0.0885 e. The van der Waals surface area contributed by atoms with Crippen LogP contribution in [0.2, 0.25) is 0 Å². The van der Waals surface area contributed by atoms with E-state index < -0.39 is 0 Å². The molecule has 0 aliphatic rings. The third-order valence-electron chi connectivity index (χ3n) is 2.91. The fourth-order valence-corrected chi connectivity index (χ4v) is 1.86. The second-order valence-electron chi connectivity index (χ2n) is 3.89. The predicted octanol–water partition coefficient (Wildman–Crippen LogP) is 2.27. The minimum absolute atomic E-state index is 0.987. The number of nitrogens with zero attached hydrogens (tertiary/aromatic N) is 3. The van der Waals surface area contributed by atoms with Crippen LogP contribution in [-0.2, 0) is 7.05 Å². The van der Waals surface area contributed by atoms with Gasteiger partial charge in [0.05, 0.1) is 22.9 Å². The average molecular weight is 212 g/mol. The van der Waals surface area contributed by atoms with Gasteiger partial charge in [0, 0.05) is 24.5 Å². The maximum atomic E-state index is 4.31. The number of aryl methyl sites for hydroxylation is 1. The standard InChI is InChI=1S/C12H12N4/c1-8-9(7-14-16(8)2)11-6-12-10(15-11)4-3-5-13-12/h3-7,15H,1-2H3. The third-order valence-corrected chi connectivity index (χ3v) is 2.91. The fraction of sp³-hybridized carbons (Fsp3) is 0.167. The lowest BCUT2D eigenvalue weighted by atomic mass is 10.2. The van der Waals surface area contributed by atoms with Crippen molar-refractivity contribution in [2.45, 2.75) is 6.92 Å². The van der Waals surface area contributed by atoms with Crippen LogP contribution in [-0.4, -0.2) is 19.7 Å². The Bertz CT molecular complexity index is 615. The molecule has 4 nitrogen and oxygen atoms in total. The lowest BCUT2D eigenvalue weighted by molar-refractivity contribution is 0.740. The smallest absolute Gasteiger partial charge is 0.0885 e. The Kier molecular flexibility index (Phi) is 1.83. The minimum Gasteiger partial charge on any atom is -0.353 e. The largest absolute Gasteiger partial charge is 0.353 e. The first kappa shape index (κ1) is 9.15. The molecule has 3 rings (SSSR count). The van der Waals surface area contributed by atoms with Crippen LogP contribution < -0.4 is 0 Å². The van der Waals surface area contributed by atoms with E-state index in [4.69, 9.17) is 0 Å². The number of nitrogens with one attached hydrogen (secondary N) is 1. The van der Waals surface area contributed by atoms with Gasteiger partial charge in [0.2, 0.25) is 0 Å². The van der Waals surface area contributed by atoms with Crippen LogP contribution >= 0.6 is 0 Å². The number of pyridine rings is 1. The maximum absolute atomic E-state index is 4.31. The molecule has 0 atom stereocenters. The van der Waals surface area contributed by atoms with Gasteiger partial charge in [0.15, 0.2) is 0 Å². The van der Waals surface area contributed by atoms with E-state index in [2.05, 4.69) is 28.1 Å². The molecule has 1 N–H and O–H groups in total. The Morgan fingerprint density at radius 2 is 2.25 bits per heavy atom. The van der Waals surface area contributed by atoms with Gasteiger partial charge in [0.25, 0.3) is 0 Å². The Labute approximate surface area is 92.9 Å². The quantitative estimate of drug-likeness (QED) is 0.672. The van der Waals surface area contributed by atoms with Gasteiger partial charge in [-0.15, -0.1) is 0 Å². The van der Waals surface area contributed by atoms with Crippen molar-refractivity contribution in [1.29, 1.82) is 0 Å². The highest BCUT2D eigenvalue weighted by atomic mass is 15.3. The molecule has 0 amide bonds. The summed E-state index contributed by atoms with van der Waals surface area (Å²) in [6.45, 7) is 2.06. The summed E-state index contributed by atoms with van der Waals surface area (Å²) in [5, 5.41) is 4.24. The molecular weight excluding hydrogens is 200 g/mol. The molecule has 3 heterocycles. The minimum atomic E-state index is 0.987. The number of rotatable bonds is 1. The van der Waals surface area contributed by atoms with Crippen molar-refractivity contribution >= 4 is 11.0 Å². The van der Waals surface area contributed by atoms with Crippen LogP contribution in [0.25, 0.3) is 22.3 Å². The molecule has 0 aliphatic carbocycles. The Morgan fingerprint density at radius 1 is 1.38 bits per heavy atom. The van der Waals surface area contributed by atoms with Gasteiger partial charge in [-0.2, -0.15) is 5.10 Å². The van der Waals surface area contributed by atoms with Crippen molar-refractivity contribution in [2.24, 2.45) is 7.05 Å². The van der Waals surface area contributed by atoms with Crippen LogP contribution in [0, 0.1) is 6.92 Å². The van der Waals surface area contributed by atoms with Crippen molar-refractivity contribution in [1.82, 2.24) is 19.7 Å². The normalized spacial score (nSPS) is 11.1. The number of aromatic nitrogens is 4. The van der Waals surface area contributed by atoms with Crippen LogP contribution in [0.1, 0.15) is 5.69 Å². The van der Waals surface area contributed by atoms with Gasteiger partial charge in [-0.3, -0.25) is 9.67 Å². The molecule has 0 saturated carbocycles. The van der Waals surface area contributed by atoms with Gasteiger partial charge >= 0.3 is 0 Å². The fourth-order valence-electron chi connectivity index (χ4n) is 1.86. The van der Waals surface area contributed by atoms with Gasteiger partial charge in [-0.05, 0) is 25.1 Å². The molecule has 0 saturated heterocycles. The highest BCUT2D eigenvalue weighted by Gasteiger charge is 2.09. The third kappa shape index (κ3) is 1.23. The monoisotopic (exact) mass is 212 g/mol. The molecule has 3 aromatic heterocycles. The first-order valence-corrected chi connectivity index (χ1v) is 5.18. The lowest BCUT2D eigenvalue weighted by Gasteiger charge is -1.96. The summed E-state index contributed by atoms with van der Waals surface area (Å²) in [6.07, 6.45) is 3.68. The second kappa shape index (κ2) is 3.20. The molecule has 0 spiro atoms. The van der Waals surface area contributed by atoms with E-state index in [1.807, 2.05) is 30.1 Å². The van der Waals surface area contributed by atoms with E-state index in [0.29, 0.717) is 0 Å². The van der Waals surface area contributed by atoms with E-state index in [-0.39, 0.29) is 0 Å². The van der Waals surface area contributed by atoms with Gasteiger partial charge in [-0.1, -0.05) is 0 Å². The van der Waals surface area contributed by atoms with E-state index in [1.165, 1.54) is 0 Å². The summed E-state index contributed by atoms with van der Waals surface area (Å²) in [6, 6.07) is 6.01. The zero-order chi connectivity index (χ0) is 11.1. The average Bonchev–Trinajstić information content (AvgIpc) is 2.84. The van der Waals surface area contributed by atoms with Gasteiger partial charge in [-0.25, -0.2) is 0 Å². The zero-order valence-electron chi connectivity index (χ0n) is 9.23. The van der Waals surface area contributed by atoms with Crippen LogP contribution in [0.15, 0.2) is 30.6 Å². The summed E-state index contributed by atoms with van der Waals surface area (Å²) < 4.78 is 1.87. The van der Waals surface area contributed by atoms with Crippen molar-refractivity contribution in [2.75, 3.05) is 0 Å². The molecule has 0 bridgehead atoms. The number of aromatic amines is 1. The van der Waals surface area contributed by atoms with Gasteiger partial charge < -0.3 is 4.98 Å². The Balaban J connectivity index is 2.23. The van der Waals surface area contributed by atoms with E-state index in [9.17, 15) is 0 Å². The Hall–Kier alpha value is -2.10. The van der Waals surface area contributed by atoms with E-state index in [0.717, 1.165) is 28.0 Å². The second-order valence-corrected chi connectivity index (χ2v) is 3.89. The number of fused-ring (bicyclic) bond motifs is 1. The Morgan fingerprint density at radius 3 is 2.94 bits per heavy atom. The van der Waals surface area contributed by atoms with Crippen LogP contribution in [0.5, 0.6) is 0 Å². The SMILES string of the molecule is Cc1c(-c2cc3ncccc3[nH]2)cnn1C. The summed E-state index contributed by atoms with van der Waals surface area (Å²) in [7, 11) is 1.94. The summed E-state index contributed by atoms with van der Waals surface area (Å²) in [5.41, 5.74) is 5.38. The van der Waals surface area contributed by atoms with Crippen LogP contribution in [0.4, 0.5) is 0 Å². The molecule has 80 valence electrons. The molecule has 0 aliphatic heterocycles. The zero-order valence-corrected chi connectivity index (χ0v) is 9.23.